The first-order chi connectivity index (χ1) is 10.1. The average molecular weight is 417 g/mol. The van der Waals surface area contributed by atoms with Gasteiger partial charge in [-0.05, 0) is 44.0 Å². The second kappa shape index (κ2) is 7.72. The van der Waals surface area contributed by atoms with Gasteiger partial charge in [0.25, 0.3) is 5.56 Å². The molecule has 0 bridgehead atoms. The Kier molecular flexibility index (Phi) is 5.96. The minimum Gasteiger partial charge on any atom is -0.383 e. The van der Waals surface area contributed by atoms with Crippen molar-refractivity contribution in [1.82, 2.24) is 9.55 Å². The van der Waals surface area contributed by atoms with Crippen LogP contribution in [0.1, 0.15) is 5.69 Å². The number of anilines is 1. The molecule has 0 fully saturated rings. The smallest absolute Gasteiger partial charge is 0.250 e. The van der Waals surface area contributed by atoms with E-state index in [-0.39, 0.29) is 5.56 Å². The molecule has 0 amide bonds. The molecule has 21 heavy (non-hydrogen) atoms. The second-order valence-electron chi connectivity index (χ2n) is 4.38. The quantitative estimate of drug-likeness (QED) is 0.786. The topological polar surface area (TPSA) is 56.1 Å². The van der Waals surface area contributed by atoms with E-state index in [2.05, 4.69) is 42.2 Å². The van der Waals surface area contributed by atoms with Gasteiger partial charge < -0.3 is 14.6 Å². The highest BCUT2D eigenvalue weighted by Crippen LogP contribution is 2.20. The highest BCUT2D eigenvalue weighted by molar-refractivity contribution is 9.11. The van der Waals surface area contributed by atoms with Crippen molar-refractivity contribution >= 4 is 37.5 Å². The van der Waals surface area contributed by atoms with Gasteiger partial charge in [0.1, 0.15) is 0 Å². The van der Waals surface area contributed by atoms with Gasteiger partial charge in [0.2, 0.25) is 0 Å². The van der Waals surface area contributed by atoms with Crippen molar-refractivity contribution in [1.29, 1.82) is 0 Å². The zero-order valence-corrected chi connectivity index (χ0v) is 14.6. The lowest BCUT2D eigenvalue weighted by molar-refractivity contribution is 0.186. The molecule has 1 N–H and O–H groups in total. The van der Waals surface area contributed by atoms with Gasteiger partial charge in [-0.3, -0.25) is 9.78 Å². The van der Waals surface area contributed by atoms with Crippen molar-refractivity contribution in [3.63, 3.8) is 0 Å². The molecule has 2 aromatic heterocycles. The van der Waals surface area contributed by atoms with E-state index in [4.69, 9.17) is 4.74 Å². The Morgan fingerprint density at radius 1 is 1.38 bits per heavy atom. The van der Waals surface area contributed by atoms with Crippen molar-refractivity contribution in [2.24, 2.45) is 0 Å². The predicted octanol–water partition coefficient (Wildman–Crippen LogP) is 3.03. The monoisotopic (exact) mass is 415 g/mol. The number of ether oxygens (including phenoxy) is 1. The molecule has 2 rings (SSSR count). The maximum Gasteiger partial charge on any atom is 0.250 e. The molecule has 0 aromatic carbocycles. The van der Waals surface area contributed by atoms with Crippen molar-refractivity contribution in [2.75, 3.05) is 19.0 Å². The molecule has 0 saturated heterocycles. The van der Waals surface area contributed by atoms with Gasteiger partial charge in [-0.25, -0.2) is 0 Å². The first-order valence-corrected chi connectivity index (χ1v) is 7.92. The number of rotatable bonds is 6. The lowest BCUT2D eigenvalue weighted by atomic mass is 10.3. The molecule has 2 aromatic rings. The van der Waals surface area contributed by atoms with Gasteiger partial charge in [0, 0.05) is 41.1 Å². The third-order valence-corrected chi connectivity index (χ3v) is 3.98. The van der Waals surface area contributed by atoms with E-state index in [1.807, 2.05) is 6.07 Å². The van der Waals surface area contributed by atoms with Crippen LogP contribution >= 0.6 is 31.9 Å². The van der Waals surface area contributed by atoms with Gasteiger partial charge in [-0.2, -0.15) is 0 Å². The van der Waals surface area contributed by atoms with Crippen molar-refractivity contribution in [3.8, 4) is 0 Å². The van der Waals surface area contributed by atoms with Gasteiger partial charge in [-0.15, -0.1) is 0 Å². The van der Waals surface area contributed by atoms with Crippen LogP contribution in [-0.2, 0) is 17.8 Å². The highest BCUT2D eigenvalue weighted by atomic mass is 79.9. The number of halogens is 2. The first kappa shape index (κ1) is 16.2. The standard InChI is InChI=1S/C14H15Br2N3O2/c1-21-5-4-19-9-11(2-3-14(19)20)17-8-13-12(16)6-10(15)7-18-13/h2-3,6-7,9,17H,4-5,8H2,1H3. The van der Waals surface area contributed by atoms with Gasteiger partial charge in [0.05, 0.1) is 24.5 Å². The Morgan fingerprint density at radius 3 is 2.90 bits per heavy atom. The number of hydrogen-bond donors (Lipinski definition) is 1. The number of methoxy groups -OCH3 is 1. The lowest BCUT2D eigenvalue weighted by Crippen LogP contribution is -2.21. The highest BCUT2D eigenvalue weighted by Gasteiger charge is 2.03. The van der Waals surface area contributed by atoms with Crippen LogP contribution in [0.25, 0.3) is 0 Å². The molecule has 0 aliphatic rings. The fraction of sp³-hybridized carbons (Fsp3) is 0.286. The predicted molar refractivity (Wildman–Crippen MR) is 89.5 cm³/mol. The molecule has 7 heteroatoms. The minimum atomic E-state index is -0.0412. The summed E-state index contributed by atoms with van der Waals surface area (Å²) < 4.78 is 8.47. The van der Waals surface area contributed by atoms with E-state index >= 15 is 0 Å². The average Bonchev–Trinajstić information content (AvgIpc) is 2.46. The van der Waals surface area contributed by atoms with E-state index in [0.29, 0.717) is 19.7 Å². The summed E-state index contributed by atoms with van der Waals surface area (Å²) in [5, 5.41) is 3.26. The van der Waals surface area contributed by atoms with Crippen LogP contribution in [0, 0.1) is 0 Å². The maximum atomic E-state index is 11.7. The second-order valence-corrected chi connectivity index (χ2v) is 6.15. The Labute approximate surface area is 139 Å². The van der Waals surface area contributed by atoms with Crippen LogP contribution in [-0.4, -0.2) is 23.3 Å². The number of nitrogens with zero attached hydrogens (tertiary/aromatic N) is 2. The molecule has 0 aliphatic carbocycles. The van der Waals surface area contributed by atoms with E-state index in [1.54, 1.807) is 36.2 Å². The third kappa shape index (κ3) is 4.66. The Balaban J connectivity index is 2.07. The number of hydrogen-bond acceptors (Lipinski definition) is 4. The first-order valence-electron chi connectivity index (χ1n) is 6.33. The molecular weight excluding hydrogens is 402 g/mol. The Morgan fingerprint density at radius 2 is 2.19 bits per heavy atom. The third-order valence-electron chi connectivity index (χ3n) is 2.86. The molecular formula is C14H15Br2N3O2. The Bertz CT molecular complexity index is 674. The molecule has 0 radical (unpaired) electrons. The summed E-state index contributed by atoms with van der Waals surface area (Å²) in [6, 6.07) is 5.25. The van der Waals surface area contributed by atoms with Gasteiger partial charge in [-0.1, -0.05) is 0 Å². The molecule has 5 nitrogen and oxygen atoms in total. The van der Waals surface area contributed by atoms with Crippen LogP contribution in [0.5, 0.6) is 0 Å². The molecule has 0 atom stereocenters. The summed E-state index contributed by atoms with van der Waals surface area (Å²) in [5.41, 5.74) is 1.72. The molecule has 0 saturated carbocycles. The van der Waals surface area contributed by atoms with E-state index in [9.17, 15) is 4.79 Å². The molecule has 0 unspecified atom stereocenters. The van der Waals surface area contributed by atoms with E-state index in [0.717, 1.165) is 20.3 Å². The van der Waals surface area contributed by atoms with Gasteiger partial charge in [0.15, 0.2) is 0 Å². The Hall–Kier alpha value is -1.18. The van der Waals surface area contributed by atoms with Crippen LogP contribution in [0.3, 0.4) is 0 Å². The maximum absolute atomic E-state index is 11.7. The zero-order chi connectivity index (χ0) is 15.2. The van der Waals surface area contributed by atoms with Crippen LogP contribution < -0.4 is 10.9 Å². The van der Waals surface area contributed by atoms with Crippen molar-refractivity contribution in [2.45, 2.75) is 13.1 Å². The summed E-state index contributed by atoms with van der Waals surface area (Å²) >= 11 is 6.85. The van der Waals surface area contributed by atoms with Crippen LogP contribution in [0.2, 0.25) is 0 Å². The summed E-state index contributed by atoms with van der Waals surface area (Å²) in [5.74, 6) is 0. The van der Waals surface area contributed by atoms with E-state index < -0.39 is 0 Å². The largest absolute Gasteiger partial charge is 0.383 e. The minimum absolute atomic E-state index is 0.0412. The molecule has 0 spiro atoms. The fourth-order valence-electron chi connectivity index (χ4n) is 1.76. The summed E-state index contributed by atoms with van der Waals surface area (Å²) in [6.07, 6.45) is 3.54. The molecule has 112 valence electrons. The number of pyridine rings is 2. The summed E-state index contributed by atoms with van der Waals surface area (Å²) in [7, 11) is 1.61. The van der Waals surface area contributed by atoms with Crippen LogP contribution in [0.15, 0.2) is 44.3 Å². The normalized spacial score (nSPS) is 10.6. The number of nitrogens with one attached hydrogen (secondary N) is 1. The zero-order valence-electron chi connectivity index (χ0n) is 11.5. The fourth-order valence-corrected chi connectivity index (χ4v) is 2.89. The molecule has 2 heterocycles. The van der Waals surface area contributed by atoms with Gasteiger partial charge >= 0.3 is 0 Å². The van der Waals surface area contributed by atoms with Crippen LogP contribution in [0.4, 0.5) is 5.69 Å². The lowest BCUT2D eigenvalue weighted by Gasteiger charge is -2.10. The van der Waals surface area contributed by atoms with Crippen molar-refractivity contribution < 1.29 is 4.74 Å². The number of aromatic nitrogens is 2. The SMILES string of the molecule is COCCn1cc(NCc2ncc(Br)cc2Br)ccc1=O. The molecule has 0 aliphatic heterocycles. The summed E-state index contributed by atoms with van der Waals surface area (Å²) in [6.45, 7) is 1.60. The summed E-state index contributed by atoms with van der Waals surface area (Å²) in [4.78, 5) is 16.0. The van der Waals surface area contributed by atoms with E-state index in [1.165, 1.54) is 0 Å². The van der Waals surface area contributed by atoms with Crippen molar-refractivity contribution in [3.05, 3.63) is 55.6 Å².